The summed E-state index contributed by atoms with van der Waals surface area (Å²) >= 11 is 0. The third-order valence-corrected chi connectivity index (χ3v) is 5.46. The molecule has 1 atom stereocenters. The van der Waals surface area contributed by atoms with Crippen LogP contribution >= 0.6 is 0 Å². The van der Waals surface area contributed by atoms with Gasteiger partial charge in [-0.1, -0.05) is 12.1 Å². The van der Waals surface area contributed by atoms with Gasteiger partial charge in [0.15, 0.2) is 9.84 Å². The molecule has 0 spiro atoms. The van der Waals surface area contributed by atoms with Crippen molar-refractivity contribution in [3.05, 3.63) is 29.8 Å². The van der Waals surface area contributed by atoms with Gasteiger partial charge in [0, 0.05) is 0 Å². The molecule has 108 valence electrons. The molecule has 0 saturated heterocycles. The van der Waals surface area contributed by atoms with Crippen LogP contribution in [0.2, 0.25) is 0 Å². The molecule has 1 aromatic rings. The SMILES string of the molecule is C[C@H](O)c1cccc(OCCS(=O)(=O)C(C)(C)C)c1. The first kappa shape index (κ1) is 16.0. The average Bonchev–Trinajstić information content (AvgIpc) is 2.27. The van der Waals surface area contributed by atoms with E-state index < -0.39 is 20.7 Å². The lowest BCUT2D eigenvalue weighted by Crippen LogP contribution is -2.32. The Hall–Kier alpha value is -1.07. The first-order valence-electron chi connectivity index (χ1n) is 6.26. The number of rotatable bonds is 5. The van der Waals surface area contributed by atoms with Gasteiger partial charge in [0.2, 0.25) is 0 Å². The molecule has 0 saturated carbocycles. The van der Waals surface area contributed by atoms with Crippen molar-refractivity contribution in [2.24, 2.45) is 0 Å². The molecule has 5 heteroatoms. The van der Waals surface area contributed by atoms with Crippen molar-refractivity contribution in [2.75, 3.05) is 12.4 Å². The van der Waals surface area contributed by atoms with Crippen molar-refractivity contribution in [2.45, 2.75) is 38.5 Å². The van der Waals surface area contributed by atoms with Crippen molar-refractivity contribution in [1.29, 1.82) is 0 Å². The summed E-state index contributed by atoms with van der Waals surface area (Å²) in [7, 11) is -3.17. The molecule has 0 aromatic heterocycles. The molecule has 4 nitrogen and oxygen atoms in total. The third-order valence-electron chi connectivity index (χ3n) is 2.89. The van der Waals surface area contributed by atoms with Crippen LogP contribution in [-0.4, -0.2) is 30.6 Å². The lowest BCUT2D eigenvalue weighted by atomic mass is 10.1. The highest BCUT2D eigenvalue weighted by atomic mass is 32.2. The molecule has 1 aromatic carbocycles. The molecule has 0 unspecified atom stereocenters. The van der Waals surface area contributed by atoms with Crippen LogP contribution in [-0.2, 0) is 9.84 Å². The fourth-order valence-corrected chi connectivity index (χ4v) is 2.35. The molecule has 0 amide bonds. The predicted molar refractivity (Wildman–Crippen MR) is 76.1 cm³/mol. The number of hydrogen-bond acceptors (Lipinski definition) is 4. The van der Waals surface area contributed by atoms with Crippen LogP contribution in [0.1, 0.15) is 39.4 Å². The van der Waals surface area contributed by atoms with Gasteiger partial charge in [-0.3, -0.25) is 0 Å². The molecule has 0 fully saturated rings. The summed E-state index contributed by atoms with van der Waals surface area (Å²) in [4.78, 5) is 0. The van der Waals surface area contributed by atoms with E-state index in [9.17, 15) is 13.5 Å². The van der Waals surface area contributed by atoms with E-state index in [1.807, 2.05) is 0 Å². The van der Waals surface area contributed by atoms with Gasteiger partial charge in [-0.05, 0) is 45.4 Å². The normalized spacial score (nSPS) is 14.2. The second-order valence-corrected chi connectivity index (χ2v) is 8.39. The Morgan fingerprint density at radius 1 is 1.32 bits per heavy atom. The maximum Gasteiger partial charge on any atom is 0.158 e. The van der Waals surface area contributed by atoms with Crippen molar-refractivity contribution >= 4 is 9.84 Å². The van der Waals surface area contributed by atoms with Crippen LogP contribution in [0.5, 0.6) is 5.75 Å². The van der Waals surface area contributed by atoms with Crippen LogP contribution in [0.15, 0.2) is 24.3 Å². The van der Waals surface area contributed by atoms with Gasteiger partial charge in [-0.2, -0.15) is 0 Å². The topological polar surface area (TPSA) is 63.6 Å². The Morgan fingerprint density at radius 2 is 1.95 bits per heavy atom. The zero-order valence-corrected chi connectivity index (χ0v) is 12.7. The number of ether oxygens (including phenoxy) is 1. The lowest BCUT2D eigenvalue weighted by Gasteiger charge is -2.19. The van der Waals surface area contributed by atoms with Crippen LogP contribution in [0, 0.1) is 0 Å². The molecule has 0 aliphatic rings. The molecule has 0 radical (unpaired) electrons. The second kappa shape index (κ2) is 5.92. The summed E-state index contributed by atoms with van der Waals surface area (Å²) in [6.07, 6.45) is -0.568. The quantitative estimate of drug-likeness (QED) is 0.902. The van der Waals surface area contributed by atoms with E-state index >= 15 is 0 Å². The highest BCUT2D eigenvalue weighted by molar-refractivity contribution is 7.92. The lowest BCUT2D eigenvalue weighted by molar-refractivity contribution is 0.198. The van der Waals surface area contributed by atoms with Crippen molar-refractivity contribution in [3.8, 4) is 5.75 Å². The zero-order chi connectivity index (χ0) is 14.7. The fraction of sp³-hybridized carbons (Fsp3) is 0.571. The summed E-state index contributed by atoms with van der Waals surface area (Å²) in [5.74, 6) is 0.553. The number of aliphatic hydroxyl groups excluding tert-OH is 1. The van der Waals surface area contributed by atoms with E-state index in [0.29, 0.717) is 5.75 Å². The second-order valence-electron chi connectivity index (χ2n) is 5.53. The maximum atomic E-state index is 11.9. The van der Waals surface area contributed by atoms with E-state index in [-0.39, 0.29) is 12.4 Å². The van der Waals surface area contributed by atoms with Gasteiger partial charge in [-0.25, -0.2) is 8.42 Å². The van der Waals surface area contributed by atoms with E-state index in [1.54, 1.807) is 52.0 Å². The molecule has 1 N–H and O–H groups in total. The Labute approximate surface area is 115 Å². The standard InChI is InChI=1S/C14H22O4S/c1-11(15)12-6-5-7-13(10-12)18-8-9-19(16,17)14(2,3)4/h5-7,10-11,15H,8-9H2,1-4H3/t11-/m0/s1. The third kappa shape index (κ3) is 4.51. The fourth-order valence-electron chi connectivity index (χ4n) is 1.44. The van der Waals surface area contributed by atoms with Gasteiger partial charge < -0.3 is 9.84 Å². The summed E-state index contributed by atoms with van der Waals surface area (Å²) in [5, 5.41) is 9.46. The van der Waals surface area contributed by atoms with Gasteiger partial charge in [0.1, 0.15) is 12.4 Å². The molecule has 0 aliphatic carbocycles. The summed E-state index contributed by atoms with van der Waals surface area (Å²) in [5.41, 5.74) is 0.746. The molecule has 19 heavy (non-hydrogen) atoms. The van der Waals surface area contributed by atoms with E-state index in [4.69, 9.17) is 4.74 Å². The summed E-state index contributed by atoms with van der Waals surface area (Å²) in [6.45, 7) is 6.81. The van der Waals surface area contributed by atoms with Gasteiger partial charge >= 0.3 is 0 Å². The zero-order valence-electron chi connectivity index (χ0n) is 11.9. The number of benzene rings is 1. The highest BCUT2D eigenvalue weighted by Crippen LogP contribution is 2.20. The molecule has 0 heterocycles. The maximum absolute atomic E-state index is 11.9. The van der Waals surface area contributed by atoms with Crippen molar-refractivity contribution in [1.82, 2.24) is 0 Å². The van der Waals surface area contributed by atoms with Gasteiger partial charge in [0.05, 0.1) is 16.6 Å². The molecular formula is C14H22O4S. The van der Waals surface area contributed by atoms with Crippen LogP contribution in [0.25, 0.3) is 0 Å². The number of aliphatic hydroxyl groups is 1. The highest BCUT2D eigenvalue weighted by Gasteiger charge is 2.28. The molecular weight excluding hydrogens is 264 g/mol. The minimum atomic E-state index is -3.17. The first-order chi connectivity index (χ1) is 8.63. The summed E-state index contributed by atoms with van der Waals surface area (Å²) in [6, 6.07) is 7.03. The van der Waals surface area contributed by atoms with Crippen LogP contribution < -0.4 is 4.74 Å². The number of hydrogen-bond donors (Lipinski definition) is 1. The Morgan fingerprint density at radius 3 is 2.47 bits per heavy atom. The Bertz CT molecular complexity index is 512. The Balaban J connectivity index is 2.62. The number of sulfone groups is 1. The monoisotopic (exact) mass is 286 g/mol. The van der Waals surface area contributed by atoms with Crippen molar-refractivity contribution < 1.29 is 18.3 Å². The minimum Gasteiger partial charge on any atom is -0.493 e. The first-order valence-corrected chi connectivity index (χ1v) is 7.92. The Kier molecular flexibility index (Phi) is 4.98. The van der Waals surface area contributed by atoms with Crippen molar-refractivity contribution in [3.63, 3.8) is 0 Å². The average molecular weight is 286 g/mol. The predicted octanol–water partition coefficient (Wildman–Crippen LogP) is 2.33. The van der Waals surface area contributed by atoms with Crippen LogP contribution in [0.4, 0.5) is 0 Å². The largest absolute Gasteiger partial charge is 0.493 e. The van der Waals surface area contributed by atoms with Gasteiger partial charge in [-0.15, -0.1) is 0 Å². The smallest absolute Gasteiger partial charge is 0.158 e. The molecule has 1 rings (SSSR count). The molecule has 0 aliphatic heterocycles. The van der Waals surface area contributed by atoms with Gasteiger partial charge in [0.25, 0.3) is 0 Å². The summed E-state index contributed by atoms with van der Waals surface area (Å²) < 4.78 is 28.5. The minimum absolute atomic E-state index is 0.0184. The molecule has 0 bridgehead atoms. The van der Waals surface area contributed by atoms with E-state index in [2.05, 4.69) is 0 Å². The van der Waals surface area contributed by atoms with E-state index in [0.717, 1.165) is 5.56 Å². The van der Waals surface area contributed by atoms with E-state index in [1.165, 1.54) is 0 Å². The van der Waals surface area contributed by atoms with Crippen LogP contribution in [0.3, 0.4) is 0 Å².